The van der Waals surface area contributed by atoms with Crippen LogP contribution in [0.15, 0.2) is 42.9 Å². The molecule has 7 heteroatoms. The highest BCUT2D eigenvalue weighted by molar-refractivity contribution is 6.31. The van der Waals surface area contributed by atoms with Crippen molar-refractivity contribution < 1.29 is 4.79 Å². The van der Waals surface area contributed by atoms with E-state index in [1.54, 1.807) is 35.1 Å². The molecule has 22 heavy (non-hydrogen) atoms. The molecule has 3 aromatic rings. The molecular weight excluding hydrogens is 302 g/mol. The molecule has 1 amide bonds. The van der Waals surface area contributed by atoms with Crippen LogP contribution >= 0.6 is 11.6 Å². The monoisotopic (exact) mass is 315 g/mol. The van der Waals surface area contributed by atoms with Gasteiger partial charge >= 0.3 is 0 Å². The Labute approximate surface area is 132 Å². The lowest BCUT2D eigenvalue weighted by Gasteiger charge is -2.18. The van der Waals surface area contributed by atoms with Crippen LogP contribution in [0.2, 0.25) is 5.02 Å². The number of nitrogens with one attached hydrogen (secondary N) is 1. The third-order valence-corrected chi connectivity index (χ3v) is 3.45. The molecule has 112 valence electrons. The summed E-state index contributed by atoms with van der Waals surface area (Å²) < 4.78 is 1.56. The van der Waals surface area contributed by atoms with Gasteiger partial charge < -0.3 is 10.2 Å². The lowest BCUT2D eigenvalue weighted by Crippen LogP contribution is -2.16. The summed E-state index contributed by atoms with van der Waals surface area (Å²) in [5.41, 5.74) is 2.42. The Hall–Kier alpha value is -2.60. The van der Waals surface area contributed by atoms with E-state index in [4.69, 9.17) is 11.6 Å². The Kier molecular flexibility index (Phi) is 3.68. The molecule has 0 bridgehead atoms. The minimum Gasteiger partial charge on any atom is -0.376 e. The van der Waals surface area contributed by atoms with E-state index < -0.39 is 0 Å². The van der Waals surface area contributed by atoms with E-state index in [2.05, 4.69) is 15.4 Å². The third kappa shape index (κ3) is 2.60. The van der Waals surface area contributed by atoms with Crippen molar-refractivity contribution in [1.82, 2.24) is 14.6 Å². The highest BCUT2D eigenvalue weighted by Crippen LogP contribution is 2.28. The van der Waals surface area contributed by atoms with Crippen molar-refractivity contribution in [2.45, 2.75) is 0 Å². The van der Waals surface area contributed by atoms with Gasteiger partial charge in [0.05, 0.1) is 17.6 Å². The predicted octanol–water partition coefficient (Wildman–Crippen LogP) is 2.70. The molecule has 0 aliphatic carbocycles. The minimum atomic E-state index is -0.279. The molecule has 0 aliphatic heterocycles. The Morgan fingerprint density at radius 2 is 2.18 bits per heavy atom. The fourth-order valence-electron chi connectivity index (χ4n) is 2.18. The van der Waals surface area contributed by atoms with Gasteiger partial charge in [-0.1, -0.05) is 11.6 Å². The van der Waals surface area contributed by atoms with Crippen molar-refractivity contribution >= 4 is 34.5 Å². The second-order valence-electron chi connectivity index (χ2n) is 4.96. The molecule has 0 saturated heterocycles. The maximum absolute atomic E-state index is 12.5. The molecule has 2 heterocycles. The number of aromatic nitrogens is 3. The van der Waals surface area contributed by atoms with Crippen molar-refractivity contribution in [3.63, 3.8) is 0 Å². The topological polar surface area (TPSA) is 62.5 Å². The number of benzene rings is 1. The number of fused-ring (bicyclic) bond motifs is 1. The van der Waals surface area contributed by atoms with Crippen molar-refractivity contribution in [2.24, 2.45) is 0 Å². The van der Waals surface area contributed by atoms with Crippen LogP contribution in [-0.2, 0) is 0 Å². The van der Waals surface area contributed by atoms with E-state index in [-0.39, 0.29) is 5.91 Å². The fourth-order valence-corrected chi connectivity index (χ4v) is 2.35. The van der Waals surface area contributed by atoms with Gasteiger partial charge in [0.25, 0.3) is 5.91 Å². The SMILES string of the molecule is CN(C)c1ccc(Cl)cc1NC(=O)c1cnn2cccnc12. The summed E-state index contributed by atoms with van der Waals surface area (Å²) in [7, 11) is 3.80. The van der Waals surface area contributed by atoms with E-state index in [9.17, 15) is 4.79 Å². The van der Waals surface area contributed by atoms with Gasteiger partial charge in [-0.15, -0.1) is 0 Å². The average molecular weight is 316 g/mol. The number of rotatable bonds is 3. The largest absolute Gasteiger partial charge is 0.376 e. The maximum atomic E-state index is 12.5. The molecule has 0 spiro atoms. The molecule has 2 aromatic heterocycles. The highest BCUT2D eigenvalue weighted by atomic mass is 35.5. The number of nitrogens with zero attached hydrogens (tertiary/aromatic N) is 4. The summed E-state index contributed by atoms with van der Waals surface area (Å²) in [5.74, 6) is -0.279. The zero-order valence-electron chi connectivity index (χ0n) is 12.1. The van der Waals surface area contributed by atoms with Crippen LogP contribution in [0.1, 0.15) is 10.4 Å². The second kappa shape index (κ2) is 5.65. The Balaban J connectivity index is 1.96. The molecule has 0 radical (unpaired) electrons. The summed E-state index contributed by atoms with van der Waals surface area (Å²) in [6.07, 6.45) is 4.86. The van der Waals surface area contributed by atoms with Gasteiger partial charge in [0, 0.05) is 31.5 Å². The van der Waals surface area contributed by atoms with Gasteiger partial charge in [0.1, 0.15) is 5.56 Å². The van der Waals surface area contributed by atoms with Crippen LogP contribution in [0.25, 0.3) is 5.65 Å². The molecule has 6 nitrogen and oxygen atoms in total. The van der Waals surface area contributed by atoms with Gasteiger partial charge in [-0.3, -0.25) is 4.79 Å². The van der Waals surface area contributed by atoms with Crippen molar-refractivity contribution in [1.29, 1.82) is 0 Å². The molecule has 0 aliphatic rings. The highest BCUT2D eigenvalue weighted by Gasteiger charge is 2.16. The molecule has 0 atom stereocenters. The van der Waals surface area contributed by atoms with E-state index >= 15 is 0 Å². The fraction of sp³-hybridized carbons (Fsp3) is 0.133. The zero-order valence-corrected chi connectivity index (χ0v) is 12.9. The second-order valence-corrected chi connectivity index (χ2v) is 5.39. The summed E-state index contributed by atoms with van der Waals surface area (Å²) in [5, 5.41) is 7.54. The Bertz CT molecular complexity index is 843. The molecule has 0 saturated carbocycles. The van der Waals surface area contributed by atoms with Crippen LogP contribution in [0.5, 0.6) is 0 Å². The number of hydrogen-bond acceptors (Lipinski definition) is 4. The smallest absolute Gasteiger partial charge is 0.261 e. The first-order chi connectivity index (χ1) is 10.6. The van der Waals surface area contributed by atoms with Gasteiger partial charge in [-0.2, -0.15) is 5.10 Å². The summed E-state index contributed by atoms with van der Waals surface area (Å²) >= 11 is 6.03. The van der Waals surface area contributed by atoms with Gasteiger partial charge in [0.2, 0.25) is 0 Å². The first kappa shape index (κ1) is 14.3. The van der Waals surface area contributed by atoms with Gasteiger partial charge in [-0.25, -0.2) is 9.50 Å². The van der Waals surface area contributed by atoms with Gasteiger partial charge in [0.15, 0.2) is 5.65 Å². The molecular formula is C15H14ClN5O. The van der Waals surface area contributed by atoms with E-state index in [1.165, 1.54) is 6.20 Å². The lowest BCUT2D eigenvalue weighted by atomic mass is 10.2. The van der Waals surface area contributed by atoms with E-state index in [0.29, 0.717) is 21.9 Å². The zero-order chi connectivity index (χ0) is 15.7. The first-order valence-corrected chi connectivity index (χ1v) is 7.00. The first-order valence-electron chi connectivity index (χ1n) is 6.63. The normalized spacial score (nSPS) is 10.7. The maximum Gasteiger partial charge on any atom is 0.261 e. The van der Waals surface area contributed by atoms with Crippen LogP contribution in [0, 0.1) is 0 Å². The van der Waals surface area contributed by atoms with E-state index in [1.807, 2.05) is 25.1 Å². The number of carbonyl (C=O) groups is 1. The van der Waals surface area contributed by atoms with E-state index in [0.717, 1.165) is 5.69 Å². The standard InChI is InChI=1S/C15H14ClN5O/c1-20(2)13-5-4-10(16)8-12(13)19-15(22)11-9-18-21-7-3-6-17-14(11)21/h3-9H,1-2H3,(H,19,22). The number of hydrogen-bond donors (Lipinski definition) is 1. The number of halogens is 1. The van der Waals surface area contributed by atoms with Crippen LogP contribution in [-0.4, -0.2) is 34.6 Å². The van der Waals surface area contributed by atoms with Crippen molar-refractivity contribution in [3.05, 3.63) is 53.4 Å². The number of amides is 1. The molecule has 3 rings (SSSR count). The average Bonchev–Trinajstić information content (AvgIpc) is 2.91. The molecule has 0 unspecified atom stereocenters. The minimum absolute atomic E-state index is 0.279. The van der Waals surface area contributed by atoms with Crippen LogP contribution < -0.4 is 10.2 Å². The summed E-state index contributed by atoms with van der Waals surface area (Å²) in [4.78, 5) is 18.6. The lowest BCUT2D eigenvalue weighted by molar-refractivity contribution is 0.102. The van der Waals surface area contributed by atoms with Gasteiger partial charge in [-0.05, 0) is 24.3 Å². The van der Waals surface area contributed by atoms with Crippen molar-refractivity contribution in [3.8, 4) is 0 Å². The molecule has 0 fully saturated rings. The molecule has 1 N–H and O–H groups in total. The van der Waals surface area contributed by atoms with Crippen molar-refractivity contribution in [2.75, 3.05) is 24.3 Å². The summed E-state index contributed by atoms with van der Waals surface area (Å²) in [6, 6.07) is 7.10. The van der Waals surface area contributed by atoms with Crippen LogP contribution in [0.4, 0.5) is 11.4 Å². The Morgan fingerprint density at radius 3 is 2.95 bits per heavy atom. The third-order valence-electron chi connectivity index (χ3n) is 3.21. The van der Waals surface area contributed by atoms with Crippen LogP contribution in [0.3, 0.4) is 0 Å². The number of anilines is 2. The molecule has 1 aromatic carbocycles. The summed E-state index contributed by atoms with van der Waals surface area (Å²) in [6.45, 7) is 0. The Morgan fingerprint density at radius 1 is 1.36 bits per heavy atom. The quantitative estimate of drug-likeness (QED) is 0.807. The number of carbonyl (C=O) groups excluding carboxylic acids is 1. The predicted molar refractivity (Wildman–Crippen MR) is 86.7 cm³/mol.